The Labute approximate surface area is 93.8 Å². The Kier molecular flexibility index (Phi) is 4.02. The molecular weight excluding hydrogens is 216 g/mol. The van der Waals surface area contributed by atoms with Crippen molar-refractivity contribution in [2.75, 3.05) is 6.26 Å². The fraction of sp³-hybridized carbons (Fsp3) is 0.364. The molecule has 0 fully saturated rings. The minimum Gasteiger partial charge on any atom is -0.294 e. The lowest BCUT2D eigenvalue weighted by Crippen LogP contribution is -1.99. The van der Waals surface area contributed by atoms with Gasteiger partial charge in [-0.1, -0.05) is 18.5 Å². The molecule has 1 aromatic rings. The van der Waals surface area contributed by atoms with Gasteiger partial charge >= 0.3 is 0 Å². The average molecular weight is 229 g/mol. The number of carbonyl (C=O) groups excluding carboxylic acids is 1. The number of carbonyl (C=O) groups is 1. The Hall–Kier alpha value is -0.470. The highest BCUT2D eigenvalue weighted by Gasteiger charge is 2.12. The maximum atomic E-state index is 11.5. The van der Waals surface area contributed by atoms with Crippen molar-refractivity contribution in [1.29, 1.82) is 0 Å². The van der Waals surface area contributed by atoms with Gasteiger partial charge in [-0.05, 0) is 30.9 Å². The van der Waals surface area contributed by atoms with Crippen LogP contribution in [-0.2, 0) is 0 Å². The normalized spacial score (nSPS) is 10.3. The number of hydrogen-bond acceptors (Lipinski definition) is 2. The first-order chi connectivity index (χ1) is 6.61. The summed E-state index contributed by atoms with van der Waals surface area (Å²) in [4.78, 5) is 12.6. The molecule has 3 heteroatoms. The largest absolute Gasteiger partial charge is 0.294 e. The van der Waals surface area contributed by atoms with Crippen LogP contribution in [0.2, 0.25) is 5.02 Å². The topological polar surface area (TPSA) is 17.1 Å². The van der Waals surface area contributed by atoms with Crippen LogP contribution in [-0.4, -0.2) is 12.0 Å². The zero-order chi connectivity index (χ0) is 10.7. The SMILES string of the molecule is CCC(=O)c1ccc(SC)c(C)c1Cl. The molecule has 0 amide bonds. The Balaban J connectivity index is 3.24. The number of ketones is 1. The summed E-state index contributed by atoms with van der Waals surface area (Å²) < 4.78 is 0. The molecule has 76 valence electrons. The molecule has 0 aliphatic rings. The fourth-order valence-corrected chi connectivity index (χ4v) is 2.23. The molecule has 0 aliphatic heterocycles. The van der Waals surface area contributed by atoms with Crippen molar-refractivity contribution in [3.63, 3.8) is 0 Å². The molecule has 0 N–H and O–H groups in total. The molecule has 0 radical (unpaired) electrons. The summed E-state index contributed by atoms with van der Waals surface area (Å²) in [5, 5.41) is 0.601. The number of thioether (sulfide) groups is 1. The Morgan fingerprint density at radius 3 is 2.64 bits per heavy atom. The summed E-state index contributed by atoms with van der Waals surface area (Å²) >= 11 is 7.76. The zero-order valence-corrected chi connectivity index (χ0v) is 10.1. The van der Waals surface area contributed by atoms with Gasteiger partial charge in [-0.3, -0.25) is 4.79 Å². The summed E-state index contributed by atoms with van der Waals surface area (Å²) in [6, 6.07) is 3.77. The lowest BCUT2D eigenvalue weighted by molar-refractivity contribution is 0.0988. The van der Waals surface area contributed by atoms with E-state index in [1.807, 2.05) is 32.2 Å². The smallest absolute Gasteiger partial charge is 0.164 e. The van der Waals surface area contributed by atoms with Crippen LogP contribution in [0.15, 0.2) is 17.0 Å². The maximum absolute atomic E-state index is 11.5. The molecule has 1 rings (SSSR count). The van der Waals surface area contributed by atoms with Crippen molar-refractivity contribution >= 4 is 29.1 Å². The van der Waals surface area contributed by atoms with Crippen LogP contribution in [0, 0.1) is 6.92 Å². The van der Waals surface area contributed by atoms with Gasteiger partial charge in [0.1, 0.15) is 0 Å². The van der Waals surface area contributed by atoms with Gasteiger partial charge in [0.25, 0.3) is 0 Å². The summed E-state index contributed by atoms with van der Waals surface area (Å²) in [7, 11) is 0. The van der Waals surface area contributed by atoms with Gasteiger partial charge < -0.3 is 0 Å². The third-order valence-electron chi connectivity index (χ3n) is 2.18. The van der Waals surface area contributed by atoms with Gasteiger partial charge in [-0.25, -0.2) is 0 Å². The van der Waals surface area contributed by atoms with Crippen LogP contribution >= 0.6 is 23.4 Å². The summed E-state index contributed by atoms with van der Waals surface area (Å²) in [6.07, 6.45) is 2.50. The zero-order valence-electron chi connectivity index (χ0n) is 8.56. The predicted molar refractivity (Wildman–Crippen MR) is 62.6 cm³/mol. The Morgan fingerprint density at radius 1 is 1.50 bits per heavy atom. The molecule has 0 spiro atoms. The van der Waals surface area contributed by atoms with Crippen molar-refractivity contribution in [2.45, 2.75) is 25.2 Å². The van der Waals surface area contributed by atoms with Gasteiger partial charge in [-0.2, -0.15) is 0 Å². The Morgan fingerprint density at radius 2 is 2.14 bits per heavy atom. The molecule has 0 aliphatic carbocycles. The van der Waals surface area contributed by atoms with Crippen molar-refractivity contribution < 1.29 is 4.79 Å². The molecule has 0 unspecified atom stereocenters. The third-order valence-corrected chi connectivity index (χ3v) is 3.55. The summed E-state index contributed by atoms with van der Waals surface area (Å²) in [5.41, 5.74) is 1.64. The first-order valence-electron chi connectivity index (χ1n) is 4.48. The molecule has 0 aromatic heterocycles. The third kappa shape index (κ3) is 2.12. The predicted octanol–water partition coefficient (Wildman–Crippen LogP) is 3.96. The van der Waals surface area contributed by atoms with Crippen LogP contribution in [0.1, 0.15) is 29.3 Å². The number of rotatable bonds is 3. The highest BCUT2D eigenvalue weighted by atomic mass is 35.5. The van der Waals surface area contributed by atoms with E-state index in [4.69, 9.17) is 11.6 Å². The monoisotopic (exact) mass is 228 g/mol. The summed E-state index contributed by atoms with van der Waals surface area (Å²) in [5.74, 6) is 0.103. The van der Waals surface area contributed by atoms with Crippen molar-refractivity contribution in [2.24, 2.45) is 0 Å². The molecular formula is C11H13ClOS. The van der Waals surface area contributed by atoms with E-state index in [0.717, 1.165) is 10.5 Å². The number of hydrogen-bond donors (Lipinski definition) is 0. The van der Waals surface area contributed by atoms with Gasteiger partial charge in [0.05, 0.1) is 5.02 Å². The van der Waals surface area contributed by atoms with Crippen LogP contribution in [0.3, 0.4) is 0 Å². The minimum atomic E-state index is 0.103. The van der Waals surface area contributed by atoms with Crippen LogP contribution < -0.4 is 0 Å². The quantitative estimate of drug-likeness (QED) is 0.575. The van der Waals surface area contributed by atoms with E-state index in [2.05, 4.69) is 0 Å². The molecule has 0 atom stereocenters. The van der Waals surface area contributed by atoms with Crippen LogP contribution in [0.25, 0.3) is 0 Å². The first kappa shape index (κ1) is 11.6. The lowest BCUT2D eigenvalue weighted by Gasteiger charge is -2.08. The average Bonchev–Trinajstić information content (AvgIpc) is 2.21. The minimum absolute atomic E-state index is 0.103. The first-order valence-corrected chi connectivity index (χ1v) is 6.08. The van der Waals surface area contributed by atoms with Crippen molar-refractivity contribution in [3.8, 4) is 0 Å². The van der Waals surface area contributed by atoms with Crippen molar-refractivity contribution in [1.82, 2.24) is 0 Å². The van der Waals surface area contributed by atoms with E-state index in [9.17, 15) is 4.79 Å². The van der Waals surface area contributed by atoms with Gasteiger partial charge in [-0.15, -0.1) is 11.8 Å². The van der Waals surface area contributed by atoms with Gasteiger partial charge in [0.2, 0.25) is 0 Å². The molecule has 0 saturated carbocycles. The van der Waals surface area contributed by atoms with E-state index in [0.29, 0.717) is 17.0 Å². The molecule has 1 nitrogen and oxygen atoms in total. The van der Waals surface area contributed by atoms with E-state index >= 15 is 0 Å². The molecule has 0 saturated heterocycles. The van der Waals surface area contributed by atoms with Crippen molar-refractivity contribution in [3.05, 3.63) is 28.3 Å². The molecule has 0 heterocycles. The second-order valence-corrected chi connectivity index (χ2v) is 4.26. The molecule has 0 bridgehead atoms. The fourth-order valence-electron chi connectivity index (χ4n) is 1.29. The second-order valence-electron chi connectivity index (χ2n) is 3.03. The lowest BCUT2D eigenvalue weighted by atomic mass is 10.1. The van der Waals surface area contributed by atoms with E-state index < -0.39 is 0 Å². The van der Waals surface area contributed by atoms with Gasteiger partial charge in [0, 0.05) is 16.9 Å². The highest BCUT2D eigenvalue weighted by molar-refractivity contribution is 7.98. The maximum Gasteiger partial charge on any atom is 0.164 e. The molecule has 14 heavy (non-hydrogen) atoms. The standard InChI is InChI=1S/C11H13ClOS/c1-4-9(13)8-5-6-10(14-3)7(2)11(8)12/h5-6H,4H2,1-3H3. The number of Topliss-reactive ketones (excluding diaryl/α,β-unsaturated/α-hetero) is 1. The second kappa shape index (κ2) is 4.85. The Bertz CT molecular complexity index is 361. The number of benzene rings is 1. The number of halogens is 1. The van der Waals surface area contributed by atoms with Gasteiger partial charge in [0.15, 0.2) is 5.78 Å². The van der Waals surface area contributed by atoms with E-state index in [1.54, 1.807) is 11.8 Å². The van der Waals surface area contributed by atoms with Crippen LogP contribution in [0.5, 0.6) is 0 Å². The van der Waals surface area contributed by atoms with E-state index in [-0.39, 0.29) is 5.78 Å². The summed E-state index contributed by atoms with van der Waals surface area (Å²) in [6.45, 7) is 3.79. The molecule has 1 aromatic carbocycles. The highest BCUT2D eigenvalue weighted by Crippen LogP contribution is 2.29. The van der Waals surface area contributed by atoms with Crippen LogP contribution in [0.4, 0.5) is 0 Å². The van der Waals surface area contributed by atoms with E-state index in [1.165, 1.54) is 0 Å².